The van der Waals surface area contributed by atoms with E-state index in [1.165, 1.54) is 0 Å². The zero-order valence-electron chi connectivity index (χ0n) is 14.6. The van der Waals surface area contributed by atoms with E-state index in [0.29, 0.717) is 0 Å². The second kappa shape index (κ2) is 8.48. The molecule has 1 rings (SSSR count). The quantitative estimate of drug-likeness (QED) is 0.591. The number of aryl methyl sites for hydroxylation is 1. The van der Waals surface area contributed by atoms with Gasteiger partial charge in [-0.1, -0.05) is 6.58 Å². The molecular formula is C18H26N2O3. The predicted molar refractivity (Wildman–Crippen MR) is 93.7 cm³/mol. The molecule has 0 fully saturated rings. The van der Waals surface area contributed by atoms with Crippen molar-refractivity contribution in [3.63, 3.8) is 0 Å². The molecule has 0 spiro atoms. The van der Waals surface area contributed by atoms with Crippen molar-refractivity contribution < 1.29 is 14.3 Å². The number of hydrogen-bond donors (Lipinski definition) is 1. The van der Waals surface area contributed by atoms with Crippen LogP contribution in [0.25, 0.3) is 0 Å². The Hall–Kier alpha value is -2.14. The van der Waals surface area contributed by atoms with Crippen LogP contribution in [0.4, 0.5) is 5.69 Å². The van der Waals surface area contributed by atoms with E-state index in [-0.39, 0.29) is 19.1 Å². The summed E-state index contributed by atoms with van der Waals surface area (Å²) in [6.45, 7) is 11.7. The van der Waals surface area contributed by atoms with E-state index >= 15 is 0 Å². The molecule has 0 heterocycles. The van der Waals surface area contributed by atoms with Gasteiger partial charge in [0.1, 0.15) is 18.0 Å². The van der Waals surface area contributed by atoms with Crippen molar-refractivity contribution in [2.45, 2.75) is 33.3 Å². The van der Waals surface area contributed by atoms with Crippen LogP contribution in [0.2, 0.25) is 0 Å². The predicted octanol–water partition coefficient (Wildman–Crippen LogP) is 3.19. The van der Waals surface area contributed by atoms with Crippen molar-refractivity contribution in [2.75, 3.05) is 20.2 Å². The van der Waals surface area contributed by atoms with Gasteiger partial charge in [-0.15, -0.1) is 0 Å². The number of carbonyl (C=O) groups excluding carboxylic acids is 1. The number of benzene rings is 1. The number of aliphatic imine (C=N–C) groups is 1. The molecule has 5 nitrogen and oxygen atoms in total. The van der Waals surface area contributed by atoms with Crippen molar-refractivity contribution in [3.8, 4) is 5.75 Å². The molecule has 0 amide bonds. The Bertz CT molecular complexity index is 592. The summed E-state index contributed by atoms with van der Waals surface area (Å²) in [5.74, 6) is 0.414. The average Bonchev–Trinajstić information content (AvgIpc) is 2.47. The number of carbonyl (C=O) groups is 1. The second-order valence-corrected chi connectivity index (χ2v) is 5.96. The summed E-state index contributed by atoms with van der Waals surface area (Å²) in [6.07, 6.45) is 1.71. The minimum absolute atomic E-state index is 0.178. The molecular weight excluding hydrogens is 292 g/mol. The third-order valence-corrected chi connectivity index (χ3v) is 3.06. The zero-order valence-corrected chi connectivity index (χ0v) is 14.6. The average molecular weight is 318 g/mol. The van der Waals surface area contributed by atoms with Crippen LogP contribution >= 0.6 is 0 Å². The minimum Gasteiger partial charge on any atom is -0.489 e. The first-order valence-electron chi connectivity index (χ1n) is 7.55. The summed E-state index contributed by atoms with van der Waals surface area (Å²) < 4.78 is 11.1. The van der Waals surface area contributed by atoms with Crippen LogP contribution in [0.15, 0.2) is 35.8 Å². The van der Waals surface area contributed by atoms with Crippen LogP contribution in [-0.4, -0.2) is 37.5 Å². The number of ether oxygens (including phenoxy) is 2. The molecule has 23 heavy (non-hydrogen) atoms. The first-order valence-corrected chi connectivity index (χ1v) is 7.55. The molecule has 0 radical (unpaired) electrons. The monoisotopic (exact) mass is 318 g/mol. The van der Waals surface area contributed by atoms with Gasteiger partial charge in [-0.25, -0.2) is 0 Å². The molecule has 0 saturated carbocycles. The standard InChI is InChI=1S/C18H26N2O3/c1-7-14(3)20-16-9-8-15(10-13(16)2)22-12-18(4,5)23-17(21)11-19-6/h7-10,19H,1,11-12H2,2-6H3. The number of nitrogens with zero attached hydrogens (tertiary/aromatic N) is 1. The van der Waals surface area contributed by atoms with E-state index in [4.69, 9.17) is 9.47 Å². The van der Waals surface area contributed by atoms with Crippen LogP contribution in [-0.2, 0) is 9.53 Å². The van der Waals surface area contributed by atoms with E-state index in [2.05, 4.69) is 16.9 Å². The first-order chi connectivity index (χ1) is 10.8. The van der Waals surface area contributed by atoms with Gasteiger partial charge in [-0.05, 0) is 64.6 Å². The normalized spacial score (nSPS) is 12.0. The summed E-state index contributed by atoms with van der Waals surface area (Å²) in [6, 6.07) is 5.67. The summed E-state index contributed by atoms with van der Waals surface area (Å²) in [7, 11) is 1.70. The summed E-state index contributed by atoms with van der Waals surface area (Å²) in [5.41, 5.74) is 2.06. The lowest BCUT2D eigenvalue weighted by Gasteiger charge is -2.25. The van der Waals surface area contributed by atoms with E-state index in [0.717, 1.165) is 22.7 Å². The maximum atomic E-state index is 11.5. The highest BCUT2D eigenvalue weighted by atomic mass is 16.6. The van der Waals surface area contributed by atoms with Gasteiger partial charge in [0, 0.05) is 5.71 Å². The largest absolute Gasteiger partial charge is 0.489 e. The van der Waals surface area contributed by atoms with Gasteiger partial charge in [0.15, 0.2) is 0 Å². The minimum atomic E-state index is -0.696. The highest BCUT2D eigenvalue weighted by molar-refractivity contribution is 5.94. The van der Waals surface area contributed by atoms with E-state index < -0.39 is 5.60 Å². The lowest BCUT2D eigenvalue weighted by atomic mass is 10.1. The molecule has 0 aliphatic carbocycles. The van der Waals surface area contributed by atoms with Crippen molar-refractivity contribution >= 4 is 17.4 Å². The van der Waals surface area contributed by atoms with Crippen LogP contribution < -0.4 is 10.1 Å². The first kappa shape index (κ1) is 18.9. The fourth-order valence-electron chi connectivity index (χ4n) is 1.85. The van der Waals surface area contributed by atoms with Gasteiger partial charge in [-0.3, -0.25) is 9.79 Å². The molecule has 0 aliphatic heterocycles. The van der Waals surface area contributed by atoms with Crippen molar-refractivity contribution in [3.05, 3.63) is 36.4 Å². The van der Waals surface area contributed by atoms with E-state index in [1.54, 1.807) is 13.1 Å². The summed E-state index contributed by atoms with van der Waals surface area (Å²) in [5, 5.41) is 2.76. The molecule has 1 aromatic carbocycles. The fraction of sp³-hybridized carbons (Fsp3) is 0.444. The molecule has 0 saturated heterocycles. The third-order valence-electron chi connectivity index (χ3n) is 3.06. The third kappa shape index (κ3) is 6.65. The zero-order chi connectivity index (χ0) is 17.5. The SMILES string of the molecule is C=CC(C)=Nc1ccc(OCC(C)(C)OC(=O)CNC)cc1C. The molecule has 126 valence electrons. The number of allylic oxidation sites excluding steroid dienone is 1. The van der Waals surface area contributed by atoms with Crippen LogP contribution in [0.3, 0.4) is 0 Å². The van der Waals surface area contributed by atoms with Gasteiger partial charge < -0.3 is 14.8 Å². The fourth-order valence-corrected chi connectivity index (χ4v) is 1.85. The maximum Gasteiger partial charge on any atom is 0.320 e. The molecule has 0 bridgehead atoms. The van der Waals surface area contributed by atoms with Crippen molar-refractivity contribution in [1.82, 2.24) is 5.32 Å². The summed E-state index contributed by atoms with van der Waals surface area (Å²) >= 11 is 0. The highest BCUT2D eigenvalue weighted by Crippen LogP contribution is 2.25. The Morgan fingerprint density at radius 1 is 1.43 bits per heavy atom. The Balaban J connectivity index is 2.70. The molecule has 0 atom stereocenters. The maximum absolute atomic E-state index is 11.5. The van der Waals surface area contributed by atoms with Crippen LogP contribution in [0.5, 0.6) is 5.75 Å². The molecule has 5 heteroatoms. The molecule has 0 aromatic heterocycles. The topological polar surface area (TPSA) is 59.9 Å². The lowest BCUT2D eigenvalue weighted by Crippen LogP contribution is -2.37. The Morgan fingerprint density at radius 2 is 2.13 bits per heavy atom. The van der Waals surface area contributed by atoms with Crippen LogP contribution in [0, 0.1) is 6.92 Å². The lowest BCUT2D eigenvalue weighted by molar-refractivity contribution is -0.157. The van der Waals surface area contributed by atoms with Gasteiger partial charge in [0.2, 0.25) is 0 Å². The number of nitrogens with one attached hydrogen (secondary N) is 1. The van der Waals surface area contributed by atoms with Crippen molar-refractivity contribution in [1.29, 1.82) is 0 Å². The highest BCUT2D eigenvalue weighted by Gasteiger charge is 2.23. The van der Waals surface area contributed by atoms with E-state index in [9.17, 15) is 4.79 Å². The number of hydrogen-bond acceptors (Lipinski definition) is 5. The van der Waals surface area contributed by atoms with Gasteiger partial charge in [-0.2, -0.15) is 0 Å². The van der Waals surface area contributed by atoms with Gasteiger partial charge in [0.05, 0.1) is 12.2 Å². The number of esters is 1. The van der Waals surface area contributed by atoms with Gasteiger partial charge >= 0.3 is 5.97 Å². The molecule has 0 aliphatic rings. The summed E-state index contributed by atoms with van der Waals surface area (Å²) in [4.78, 5) is 16.0. The molecule has 1 N–H and O–H groups in total. The Kier molecular flexibility index (Phi) is 6.97. The number of rotatable bonds is 8. The smallest absolute Gasteiger partial charge is 0.320 e. The Morgan fingerprint density at radius 3 is 2.70 bits per heavy atom. The van der Waals surface area contributed by atoms with Crippen molar-refractivity contribution in [2.24, 2.45) is 4.99 Å². The van der Waals surface area contributed by atoms with E-state index in [1.807, 2.05) is 45.9 Å². The molecule has 1 aromatic rings. The Labute approximate surface area is 138 Å². The van der Waals surface area contributed by atoms with Crippen LogP contribution in [0.1, 0.15) is 26.3 Å². The molecule has 0 unspecified atom stereocenters. The number of likely N-dealkylation sites (N-methyl/N-ethyl adjacent to an activating group) is 1. The second-order valence-electron chi connectivity index (χ2n) is 5.96. The van der Waals surface area contributed by atoms with Gasteiger partial charge in [0.25, 0.3) is 0 Å².